The molecule has 1 aromatic heterocycles. The Morgan fingerprint density at radius 1 is 1.53 bits per heavy atom. The highest BCUT2D eigenvalue weighted by Gasteiger charge is 2.04. The van der Waals surface area contributed by atoms with Crippen LogP contribution in [-0.2, 0) is 0 Å². The molecule has 76 valence electrons. The molecule has 5 heteroatoms. The molecule has 0 radical (unpaired) electrons. The number of benzene rings is 1. The summed E-state index contributed by atoms with van der Waals surface area (Å²) >= 11 is 1.30. The molecule has 2 rings (SSSR count). The Morgan fingerprint density at radius 3 is 3.13 bits per heavy atom. The van der Waals surface area contributed by atoms with E-state index in [9.17, 15) is 4.39 Å². The summed E-state index contributed by atoms with van der Waals surface area (Å²) in [5.74, 6) is 0.605. The average Bonchev–Trinajstić information content (AvgIpc) is 2.68. The number of halogens is 1. The van der Waals surface area contributed by atoms with Crippen LogP contribution in [0.15, 0.2) is 18.2 Å². The maximum Gasteiger partial charge on any atom is 0.195 e. The molecule has 0 amide bonds. The van der Waals surface area contributed by atoms with Gasteiger partial charge in [-0.05, 0) is 18.2 Å². The Labute approximate surface area is 89.7 Å². The molecule has 15 heavy (non-hydrogen) atoms. The van der Waals surface area contributed by atoms with Crippen molar-refractivity contribution in [2.75, 3.05) is 13.3 Å². The summed E-state index contributed by atoms with van der Waals surface area (Å²) in [6, 6.07) is 7.24. The van der Waals surface area contributed by atoms with E-state index in [-0.39, 0.29) is 6.61 Å². The van der Waals surface area contributed by atoms with Gasteiger partial charge in [-0.1, -0.05) is 0 Å². The summed E-state index contributed by atoms with van der Waals surface area (Å²) in [6.07, 6.45) is 0. The Kier molecular flexibility index (Phi) is 2.79. The molecule has 0 unspecified atom stereocenters. The summed E-state index contributed by atoms with van der Waals surface area (Å²) in [5, 5.41) is 9.09. The summed E-state index contributed by atoms with van der Waals surface area (Å²) in [6.45, 7) is -0.459. The van der Waals surface area contributed by atoms with Crippen LogP contribution in [0.2, 0.25) is 0 Å². The number of hydrogen-bond donors (Lipinski definition) is 0. The second-order valence-electron chi connectivity index (χ2n) is 2.80. The first-order chi connectivity index (χ1) is 7.33. The van der Waals surface area contributed by atoms with E-state index in [1.54, 1.807) is 18.2 Å². The monoisotopic (exact) mass is 221 g/mol. The number of thiazole rings is 1. The van der Waals surface area contributed by atoms with Crippen LogP contribution in [0.25, 0.3) is 10.2 Å². The maximum atomic E-state index is 11.9. The van der Waals surface area contributed by atoms with Crippen LogP contribution in [0.4, 0.5) is 4.39 Å². The van der Waals surface area contributed by atoms with Gasteiger partial charge in [0.15, 0.2) is 5.01 Å². The molecule has 1 aromatic carbocycles. The van der Waals surface area contributed by atoms with Crippen LogP contribution >= 0.6 is 11.3 Å². The van der Waals surface area contributed by atoms with Crippen molar-refractivity contribution in [2.45, 2.75) is 0 Å². The molecule has 0 N–H and O–H groups in total. The van der Waals surface area contributed by atoms with Crippen molar-refractivity contribution in [1.82, 2.24) is 4.98 Å². The Bertz CT molecular complexity index is 518. The molecule has 0 aliphatic rings. The van der Waals surface area contributed by atoms with Gasteiger partial charge in [0.1, 0.15) is 25.1 Å². The third-order valence-electron chi connectivity index (χ3n) is 1.80. The predicted octanol–water partition coefficient (Wildman–Crippen LogP) is 2.52. The van der Waals surface area contributed by atoms with Gasteiger partial charge < -0.3 is 4.74 Å². The number of aromatic nitrogens is 1. The van der Waals surface area contributed by atoms with Gasteiger partial charge in [0.25, 0.3) is 0 Å². The molecule has 0 aliphatic carbocycles. The molecule has 0 spiro atoms. The summed E-state index contributed by atoms with van der Waals surface area (Å²) in [4.78, 5) is 4.08. The molecule has 0 atom stereocenters. The number of ether oxygens (including phenoxy) is 1. The molecule has 2 aromatic rings. The normalized spacial score (nSPS) is 10.1. The topological polar surface area (TPSA) is 45.9 Å². The second-order valence-corrected chi connectivity index (χ2v) is 3.83. The third kappa shape index (κ3) is 2.05. The van der Waals surface area contributed by atoms with E-state index in [1.807, 2.05) is 6.07 Å². The fraction of sp³-hybridized carbons (Fsp3) is 0.200. The standard InChI is InChI=1S/C10H7FN2OS/c11-3-4-14-7-1-2-8-9(5-7)15-10(6-12)13-8/h1-2,5H,3-4H2/i11-1. The molecule has 1 heterocycles. The minimum Gasteiger partial charge on any atom is -0.491 e. The highest BCUT2D eigenvalue weighted by Crippen LogP contribution is 2.25. The third-order valence-corrected chi connectivity index (χ3v) is 2.72. The number of fused-ring (bicyclic) bond motifs is 1. The Balaban J connectivity index is 2.34. The zero-order valence-electron chi connectivity index (χ0n) is 7.74. The van der Waals surface area contributed by atoms with Gasteiger partial charge in [-0.2, -0.15) is 5.26 Å². The van der Waals surface area contributed by atoms with Gasteiger partial charge in [0.2, 0.25) is 0 Å². The molecular weight excluding hydrogens is 214 g/mol. The van der Waals surface area contributed by atoms with Gasteiger partial charge in [-0.3, -0.25) is 0 Å². The summed E-state index contributed by atoms with van der Waals surface area (Å²) in [7, 11) is 0. The maximum absolute atomic E-state index is 11.9. The minimum absolute atomic E-state index is 0.0510. The van der Waals surface area contributed by atoms with Gasteiger partial charge in [-0.15, -0.1) is 11.3 Å². The van der Waals surface area contributed by atoms with Crippen molar-refractivity contribution in [3.63, 3.8) is 0 Å². The van der Waals surface area contributed by atoms with Crippen LogP contribution < -0.4 is 4.74 Å². The van der Waals surface area contributed by atoms with Crippen molar-refractivity contribution >= 4 is 21.6 Å². The van der Waals surface area contributed by atoms with E-state index in [1.165, 1.54) is 11.3 Å². The van der Waals surface area contributed by atoms with E-state index < -0.39 is 6.67 Å². The van der Waals surface area contributed by atoms with Crippen LogP contribution in [0.1, 0.15) is 5.01 Å². The number of alkyl halides is 1. The van der Waals surface area contributed by atoms with E-state index in [2.05, 4.69) is 4.98 Å². The quantitative estimate of drug-likeness (QED) is 0.800. The molecule has 0 saturated heterocycles. The van der Waals surface area contributed by atoms with E-state index >= 15 is 0 Å². The highest BCUT2D eigenvalue weighted by atomic mass is 32.1. The smallest absolute Gasteiger partial charge is 0.195 e. The number of hydrogen-bond acceptors (Lipinski definition) is 4. The first kappa shape index (κ1) is 9.87. The van der Waals surface area contributed by atoms with Crippen molar-refractivity contribution in [2.24, 2.45) is 0 Å². The zero-order chi connectivity index (χ0) is 10.7. The van der Waals surface area contributed by atoms with Crippen LogP contribution in [0.3, 0.4) is 0 Å². The lowest BCUT2D eigenvalue weighted by atomic mass is 10.3. The number of rotatable bonds is 3. The van der Waals surface area contributed by atoms with Crippen LogP contribution in [0.5, 0.6) is 5.75 Å². The largest absolute Gasteiger partial charge is 0.491 e. The van der Waals surface area contributed by atoms with Crippen LogP contribution in [-0.4, -0.2) is 18.3 Å². The molecule has 0 aliphatic heterocycles. The highest BCUT2D eigenvalue weighted by molar-refractivity contribution is 7.19. The van der Waals surface area contributed by atoms with Gasteiger partial charge >= 0.3 is 0 Å². The van der Waals surface area contributed by atoms with Crippen molar-refractivity contribution < 1.29 is 9.13 Å². The van der Waals surface area contributed by atoms with Gasteiger partial charge in [0, 0.05) is 0 Å². The van der Waals surface area contributed by atoms with Gasteiger partial charge in [-0.25, -0.2) is 9.37 Å². The average molecular weight is 221 g/mol. The first-order valence-corrected chi connectivity index (χ1v) is 5.14. The molecule has 0 saturated carbocycles. The van der Waals surface area contributed by atoms with E-state index in [0.717, 1.165) is 10.2 Å². The first-order valence-electron chi connectivity index (χ1n) is 4.33. The molecule has 0 fully saturated rings. The number of nitriles is 1. The fourth-order valence-corrected chi connectivity index (χ4v) is 1.99. The zero-order valence-corrected chi connectivity index (χ0v) is 8.55. The summed E-state index contributed by atoms with van der Waals surface area (Å²) < 4.78 is 17.9. The van der Waals surface area contributed by atoms with E-state index in [0.29, 0.717) is 10.8 Å². The van der Waals surface area contributed by atoms with Crippen molar-refractivity contribution in [1.29, 1.82) is 5.26 Å². The lowest BCUT2D eigenvalue weighted by molar-refractivity contribution is 0.273. The van der Waals surface area contributed by atoms with Gasteiger partial charge in [0.05, 0.1) is 10.2 Å². The van der Waals surface area contributed by atoms with Crippen LogP contribution in [0, 0.1) is 11.3 Å². The Morgan fingerprint density at radius 2 is 2.40 bits per heavy atom. The summed E-state index contributed by atoms with van der Waals surface area (Å²) in [5.41, 5.74) is 0.768. The molecular formula is C10H7FN2OS. The van der Waals surface area contributed by atoms with E-state index in [4.69, 9.17) is 10.00 Å². The fourth-order valence-electron chi connectivity index (χ4n) is 1.20. The van der Waals surface area contributed by atoms with Crippen molar-refractivity contribution in [3.8, 4) is 11.8 Å². The molecule has 0 bridgehead atoms. The van der Waals surface area contributed by atoms with Crippen molar-refractivity contribution in [3.05, 3.63) is 23.2 Å². The lowest BCUT2D eigenvalue weighted by Gasteiger charge is -2.01. The predicted molar refractivity (Wildman–Crippen MR) is 55.8 cm³/mol. The second kappa shape index (κ2) is 4.24. The minimum atomic E-state index is -0.510. The SMILES string of the molecule is N#Cc1nc2ccc(OCC[18F])cc2s1. The number of nitrogens with zero attached hydrogens (tertiary/aromatic N) is 2. The Hall–Kier alpha value is -1.67. The molecule has 3 nitrogen and oxygen atoms in total. The lowest BCUT2D eigenvalue weighted by Crippen LogP contribution is -1.97.